The zero-order valence-electron chi connectivity index (χ0n) is 14.7. The molecule has 1 N–H and O–H groups in total. The summed E-state index contributed by atoms with van der Waals surface area (Å²) in [4.78, 5) is 28.0. The van der Waals surface area contributed by atoms with E-state index < -0.39 is 0 Å². The molecule has 0 atom stereocenters. The third-order valence-corrected chi connectivity index (χ3v) is 5.01. The first-order valence-electron chi connectivity index (χ1n) is 8.77. The van der Waals surface area contributed by atoms with Crippen LogP contribution in [-0.4, -0.2) is 76.3 Å². The van der Waals surface area contributed by atoms with Gasteiger partial charge in [0.25, 0.3) is 5.22 Å². The van der Waals surface area contributed by atoms with Gasteiger partial charge in [-0.25, -0.2) is 0 Å². The van der Waals surface area contributed by atoms with Crippen molar-refractivity contribution in [3.63, 3.8) is 0 Å². The number of hydrogen-bond acceptors (Lipinski definition) is 7. The van der Waals surface area contributed by atoms with Crippen molar-refractivity contribution in [3.05, 3.63) is 5.89 Å². The molecule has 2 amide bonds. The van der Waals surface area contributed by atoms with Crippen LogP contribution in [0.1, 0.15) is 38.5 Å². The van der Waals surface area contributed by atoms with Crippen LogP contribution in [0.2, 0.25) is 0 Å². The highest BCUT2D eigenvalue weighted by atomic mass is 32.2. The Labute approximate surface area is 151 Å². The summed E-state index contributed by atoms with van der Waals surface area (Å²) in [5, 5.41) is 11.4. The first-order chi connectivity index (χ1) is 12.0. The Balaban J connectivity index is 1.36. The molecule has 9 heteroatoms. The van der Waals surface area contributed by atoms with Gasteiger partial charge in [-0.15, -0.1) is 10.2 Å². The molecule has 1 aliphatic carbocycles. The number of nitrogens with one attached hydrogen (secondary N) is 1. The van der Waals surface area contributed by atoms with Crippen molar-refractivity contribution in [1.82, 2.24) is 25.3 Å². The van der Waals surface area contributed by atoms with Crippen molar-refractivity contribution in [2.45, 2.75) is 43.9 Å². The zero-order chi connectivity index (χ0) is 17.8. The maximum atomic E-state index is 12.3. The fourth-order valence-corrected chi connectivity index (χ4v) is 3.39. The molecule has 0 radical (unpaired) electrons. The molecule has 8 nitrogen and oxygen atoms in total. The molecule has 1 aromatic heterocycles. The van der Waals surface area contributed by atoms with E-state index in [0.29, 0.717) is 55.5 Å². The number of hydrogen-bond donors (Lipinski definition) is 1. The number of carbonyl (C=O) groups is 2. The molecule has 0 unspecified atom stereocenters. The highest BCUT2D eigenvalue weighted by Crippen LogP contribution is 2.39. The highest BCUT2D eigenvalue weighted by Gasteiger charge is 2.29. The van der Waals surface area contributed by atoms with Crippen molar-refractivity contribution in [2.75, 3.05) is 38.5 Å². The predicted molar refractivity (Wildman–Crippen MR) is 93.3 cm³/mol. The van der Waals surface area contributed by atoms with Crippen LogP contribution in [0.4, 0.5) is 0 Å². The van der Waals surface area contributed by atoms with Gasteiger partial charge in [-0.3, -0.25) is 14.5 Å². The summed E-state index contributed by atoms with van der Waals surface area (Å²) in [6, 6.07) is 0.150. The molecule has 3 rings (SSSR count). The second-order valence-corrected chi connectivity index (χ2v) is 7.77. The molecule has 2 aliphatic rings. The van der Waals surface area contributed by atoms with Crippen molar-refractivity contribution in [2.24, 2.45) is 0 Å². The first kappa shape index (κ1) is 18.2. The normalized spacial score (nSPS) is 18.6. The van der Waals surface area contributed by atoms with E-state index in [0.717, 1.165) is 12.8 Å². The second-order valence-electron chi connectivity index (χ2n) is 6.85. The lowest BCUT2D eigenvalue weighted by atomic mass is 10.3. The van der Waals surface area contributed by atoms with Crippen LogP contribution >= 0.6 is 11.8 Å². The summed E-state index contributed by atoms with van der Waals surface area (Å²) < 4.78 is 5.56. The third-order valence-electron chi connectivity index (χ3n) is 4.21. The van der Waals surface area contributed by atoms with E-state index in [1.165, 1.54) is 11.8 Å². The molecule has 1 saturated carbocycles. The fraction of sp³-hybridized carbons (Fsp3) is 0.750. The Hall–Kier alpha value is -1.61. The van der Waals surface area contributed by atoms with Crippen LogP contribution in [0.3, 0.4) is 0 Å². The largest absolute Gasteiger partial charge is 0.416 e. The summed E-state index contributed by atoms with van der Waals surface area (Å²) in [6.07, 6.45) is 2.23. The molecule has 0 aromatic carbocycles. The minimum atomic E-state index is 0.0354. The van der Waals surface area contributed by atoms with Crippen LogP contribution in [0.25, 0.3) is 0 Å². The number of rotatable bonds is 7. The Morgan fingerprint density at radius 1 is 1.24 bits per heavy atom. The maximum Gasteiger partial charge on any atom is 0.277 e. The lowest BCUT2D eigenvalue weighted by Crippen LogP contribution is -2.52. The van der Waals surface area contributed by atoms with E-state index in [2.05, 4.69) is 20.4 Å². The fourth-order valence-electron chi connectivity index (χ4n) is 2.71. The first-order valence-corrected chi connectivity index (χ1v) is 9.75. The minimum Gasteiger partial charge on any atom is -0.416 e. The van der Waals surface area contributed by atoms with Crippen LogP contribution in [0.15, 0.2) is 9.64 Å². The summed E-state index contributed by atoms with van der Waals surface area (Å²) in [7, 11) is 0. The lowest BCUT2D eigenvalue weighted by Gasteiger charge is -2.34. The van der Waals surface area contributed by atoms with Gasteiger partial charge < -0.3 is 14.6 Å². The van der Waals surface area contributed by atoms with Gasteiger partial charge in [0.15, 0.2) is 0 Å². The average Bonchev–Trinajstić information content (AvgIpc) is 3.31. The smallest absolute Gasteiger partial charge is 0.277 e. The van der Waals surface area contributed by atoms with Crippen molar-refractivity contribution in [3.8, 4) is 0 Å². The number of carbonyl (C=O) groups excluding carboxylic acids is 2. The van der Waals surface area contributed by atoms with Gasteiger partial charge in [0.2, 0.25) is 17.7 Å². The van der Waals surface area contributed by atoms with Gasteiger partial charge in [-0.05, 0) is 26.7 Å². The number of amides is 2. The molecule has 25 heavy (non-hydrogen) atoms. The Kier molecular flexibility index (Phi) is 5.95. The number of thioether (sulfide) groups is 1. The summed E-state index contributed by atoms with van der Waals surface area (Å²) in [5.41, 5.74) is 0. The van der Waals surface area contributed by atoms with Crippen LogP contribution < -0.4 is 5.32 Å². The summed E-state index contributed by atoms with van der Waals surface area (Å²) in [5.74, 6) is 1.54. The van der Waals surface area contributed by atoms with Gasteiger partial charge in [0, 0.05) is 38.1 Å². The van der Waals surface area contributed by atoms with Gasteiger partial charge >= 0.3 is 0 Å². The lowest BCUT2D eigenvalue weighted by molar-refractivity contribution is -0.130. The van der Waals surface area contributed by atoms with Gasteiger partial charge in [-0.1, -0.05) is 11.8 Å². The molecular weight excluding hydrogens is 342 g/mol. The molecule has 0 spiro atoms. The molecular formula is C16H25N5O3S. The predicted octanol–water partition coefficient (Wildman–Crippen LogP) is 0.708. The van der Waals surface area contributed by atoms with E-state index in [9.17, 15) is 9.59 Å². The Morgan fingerprint density at radius 2 is 1.96 bits per heavy atom. The van der Waals surface area contributed by atoms with E-state index >= 15 is 0 Å². The quantitative estimate of drug-likeness (QED) is 0.710. The summed E-state index contributed by atoms with van der Waals surface area (Å²) in [6.45, 7) is 7.01. The topological polar surface area (TPSA) is 91.6 Å². The molecule has 1 saturated heterocycles. The van der Waals surface area contributed by atoms with Crippen molar-refractivity contribution < 1.29 is 14.0 Å². The minimum absolute atomic E-state index is 0.0354. The highest BCUT2D eigenvalue weighted by molar-refractivity contribution is 7.99. The average molecular weight is 367 g/mol. The van der Waals surface area contributed by atoms with Crippen LogP contribution in [0.5, 0.6) is 0 Å². The molecule has 2 heterocycles. The molecule has 1 aromatic rings. The standard InChI is InChI=1S/C16H25N5O3S/c1-11(2)17-13(22)9-20-5-7-21(8-6-20)14(23)10-25-16-19-18-15(24-16)12-3-4-12/h11-12H,3-10H2,1-2H3,(H,17,22). The van der Waals surface area contributed by atoms with Crippen LogP contribution in [-0.2, 0) is 9.59 Å². The molecule has 2 fully saturated rings. The zero-order valence-corrected chi connectivity index (χ0v) is 15.5. The molecule has 138 valence electrons. The van der Waals surface area contributed by atoms with E-state index in [4.69, 9.17) is 4.42 Å². The van der Waals surface area contributed by atoms with E-state index in [-0.39, 0.29) is 17.9 Å². The van der Waals surface area contributed by atoms with E-state index in [1.54, 1.807) is 0 Å². The Bertz CT molecular complexity index is 609. The molecule has 0 bridgehead atoms. The van der Waals surface area contributed by atoms with E-state index in [1.807, 2.05) is 18.7 Å². The number of aromatic nitrogens is 2. The maximum absolute atomic E-state index is 12.3. The third kappa shape index (κ3) is 5.43. The molecule has 1 aliphatic heterocycles. The SMILES string of the molecule is CC(C)NC(=O)CN1CCN(C(=O)CSc2nnc(C3CC3)o2)CC1. The van der Waals surface area contributed by atoms with Gasteiger partial charge in [0.1, 0.15) is 0 Å². The van der Waals surface area contributed by atoms with Gasteiger partial charge in [-0.2, -0.15) is 0 Å². The number of nitrogens with zero attached hydrogens (tertiary/aromatic N) is 4. The second kappa shape index (κ2) is 8.18. The summed E-state index contributed by atoms with van der Waals surface area (Å²) >= 11 is 1.30. The number of piperazine rings is 1. The van der Waals surface area contributed by atoms with Crippen molar-refractivity contribution in [1.29, 1.82) is 0 Å². The van der Waals surface area contributed by atoms with Crippen LogP contribution in [0, 0.1) is 0 Å². The van der Waals surface area contributed by atoms with Gasteiger partial charge in [0.05, 0.1) is 12.3 Å². The Morgan fingerprint density at radius 3 is 2.60 bits per heavy atom. The monoisotopic (exact) mass is 367 g/mol. The van der Waals surface area contributed by atoms with Crippen molar-refractivity contribution >= 4 is 23.6 Å².